The second-order valence-electron chi connectivity index (χ2n) is 4.89. The number of carboxylic acid groups (broad SMARTS) is 1. The van der Waals surface area contributed by atoms with Crippen LogP contribution in [0.25, 0.3) is 16.9 Å². The summed E-state index contributed by atoms with van der Waals surface area (Å²) in [4.78, 5) is 41.2. The zero-order chi connectivity index (χ0) is 15.5. The van der Waals surface area contributed by atoms with Gasteiger partial charge in [-0.2, -0.15) is 4.98 Å². The topological polar surface area (TPSA) is 114 Å². The van der Waals surface area contributed by atoms with Gasteiger partial charge in [0.25, 0.3) is 5.56 Å². The number of nitrogens with one attached hydrogen (secondary N) is 1. The fourth-order valence-electron chi connectivity index (χ4n) is 2.50. The van der Waals surface area contributed by atoms with Gasteiger partial charge in [0.15, 0.2) is 11.2 Å². The molecule has 21 heavy (non-hydrogen) atoms. The van der Waals surface area contributed by atoms with Crippen LogP contribution in [0.4, 0.5) is 0 Å². The van der Waals surface area contributed by atoms with Gasteiger partial charge in [-0.1, -0.05) is 0 Å². The minimum Gasteiger partial charge on any atom is -0.480 e. The molecule has 0 aromatic carbocycles. The number of aryl methyl sites for hydroxylation is 2. The summed E-state index contributed by atoms with van der Waals surface area (Å²) < 4.78 is 4.30. The number of nitrogens with zero attached hydrogens (tertiary/aromatic N) is 4. The maximum absolute atomic E-state index is 12.1. The third-order valence-corrected chi connectivity index (χ3v) is 3.70. The van der Waals surface area contributed by atoms with E-state index in [9.17, 15) is 14.4 Å². The smallest absolute Gasteiger partial charge is 0.329 e. The first-order chi connectivity index (χ1) is 9.82. The molecule has 0 aliphatic rings. The largest absolute Gasteiger partial charge is 0.480 e. The van der Waals surface area contributed by atoms with E-state index in [0.717, 1.165) is 0 Å². The van der Waals surface area contributed by atoms with Gasteiger partial charge in [0, 0.05) is 18.4 Å². The molecule has 0 saturated carbocycles. The molecule has 3 aromatic rings. The van der Waals surface area contributed by atoms with Crippen molar-refractivity contribution < 1.29 is 9.90 Å². The Bertz CT molecular complexity index is 1020. The van der Waals surface area contributed by atoms with E-state index in [1.54, 1.807) is 18.2 Å². The van der Waals surface area contributed by atoms with Gasteiger partial charge >= 0.3 is 11.7 Å². The van der Waals surface area contributed by atoms with E-state index >= 15 is 0 Å². The van der Waals surface area contributed by atoms with Gasteiger partial charge in [-0.15, -0.1) is 0 Å². The Morgan fingerprint density at radius 3 is 2.57 bits per heavy atom. The van der Waals surface area contributed by atoms with Crippen molar-refractivity contribution in [3.63, 3.8) is 0 Å². The molecule has 0 unspecified atom stereocenters. The lowest BCUT2D eigenvalue weighted by Crippen LogP contribution is -2.28. The van der Waals surface area contributed by atoms with Gasteiger partial charge in [0.05, 0.1) is 0 Å². The zero-order valence-electron chi connectivity index (χ0n) is 11.7. The molecule has 9 nitrogen and oxygen atoms in total. The summed E-state index contributed by atoms with van der Waals surface area (Å²) in [6.07, 6.45) is 0. The molecule has 2 N–H and O–H groups in total. The van der Waals surface area contributed by atoms with E-state index in [2.05, 4.69) is 9.97 Å². The van der Waals surface area contributed by atoms with Gasteiger partial charge in [0.1, 0.15) is 6.54 Å². The highest BCUT2D eigenvalue weighted by Gasteiger charge is 2.21. The van der Waals surface area contributed by atoms with Crippen molar-refractivity contribution in [1.29, 1.82) is 0 Å². The standard InChI is InChI=1S/C12H13N5O4/c1-5-6(2)17-8-9(15(3)12(21)14-10(8)20)13-11(17)16(5)4-7(18)19/h4H2,1-3H3,(H,18,19)(H,14,20,21). The van der Waals surface area contributed by atoms with E-state index in [0.29, 0.717) is 17.2 Å². The quantitative estimate of drug-likeness (QED) is 0.653. The lowest BCUT2D eigenvalue weighted by molar-refractivity contribution is -0.137. The highest BCUT2D eigenvalue weighted by Crippen LogP contribution is 2.20. The summed E-state index contributed by atoms with van der Waals surface area (Å²) in [5.74, 6) is -0.681. The number of hydrogen-bond donors (Lipinski definition) is 2. The van der Waals surface area contributed by atoms with Gasteiger partial charge < -0.3 is 9.67 Å². The molecule has 0 saturated heterocycles. The summed E-state index contributed by atoms with van der Waals surface area (Å²) in [5, 5.41) is 9.01. The maximum atomic E-state index is 12.1. The SMILES string of the molecule is Cc1c(C)n2c3c(=O)[nH]c(=O)n(C)c3nc2n1CC(=O)O. The Labute approximate surface area is 117 Å². The summed E-state index contributed by atoms with van der Waals surface area (Å²) in [7, 11) is 1.50. The number of carbonyl (C=O) groups is 1. The Morgan fingerprint density at radius 2 is 1.95 bits per heavy atom. The van der Waals surface area contributed by atoms with Crippen LogP contribution in [0.2, 0.25) is 0 Å². The van der Waals surface area contributed by atoms with Crippen molar-refractivity contribution in [3.05, 3.63) is 32.2 Å². The molecule has 0 amide bonds. The minimum absolute atomic E-state index is 0.223. The van der Waals surface area contributed by atoms with Crippen LogP contribution in [0.5, 0.6) is 0 Å². The summed E-state index contributed by atoms with van der Waals surface area (Å²) in [6, 6.07) is 0. The molecule has 9 heteroatoms. The normalized spacial score (nSPS) is 11.6. The van der Waals surface area contributed by atoms with Crippen LogP contribution < -0.4 is 11.2 Å². The fourth-order valence-corrected chi connectivity index (χ4v) is 2.50. The second kappa shape index (κ2) is 4.08. The van der Waals surface area contributed by atoms with Crippen molar-refractivity contribution in [1.82, 2.24) is 23.5 Å². The van der Waals surface area contributed by atoms with E-state index in [1.807, 2.05) is 0 Å². The summed E-state index contributed by atoms with van der Waals surface area (Å²) in [5.41, 5.74) is 0.759. The maximum Gasteiger partial charge on any atom is 0.329 e. The minimum atomic E-state index is -1.01. The van der Waals surface area contributed by atoms with Gasteiger partial charge in [-0.25, -0.2) is 4.79 Å². The van der Waals surface area contributed by atoms with Crippen LogP contribution in [0.3, 0.4) is 0 Å². The van der Waals surface area contributed by atoms with E-state index < -0.39 is 17.2 Å². The summed E-state index contributed by atoms with van der Waals surface area (Å²) in [6.45, 7) is 3.26. The van der Waals surface area contributed by atoms with Crippen molar-refractivity contribution in [2.45, 2.75) is 20.4 Å². The number of hydrogen-bond acceptors (Lipinski definition) is 4. The number of fused-ring (bicyclic) bond motifs is 3. The van der Waals surface area contributed by atoms with Crippen LogP contribution in [-0.4, -0.2) is 34.6 Å². The number of imidazole rings is 2. The zero-order valence-corrected chi connectivity index (χ0v) is 11.7. The number of aromatic amines is 1. The molecule has 3 rings (SSSR count). The molecule has 0 aliphatic carbocycles. The van der Waals surface area contributed by atoms with Crippen molar-refractivity contribution in [2.75, 3.05) is 0 Å². The first kappa shape index (κ1) is 13.2. The monoisotopic (exact) mass is 291 g/mol. The molecule has 0 radical (unpaired) electrons. The number of H-pyrrole nitrogens is 1. The molecule has 110 valence electrons. The molecule has 0 fully saturated rings. The van der Waals surface area contributed by atoms with Crippen molar-refractivity contribution in [2.24, 2.45) is 7.05 Å². The molecule has 3 aromatic heterocycles. The first-order valence-corrected chi connectivity index (χ1v) is 6.22. The molecule has 0 spiro atoms. The molecule has 0 atom stereocenters. The number of carboxylic acids is 1. The third kappa shape index (κ3) is 1.63. The Balaban J connectivity index is 2.58. The molecule has 3 heterocycles. The van der Waals surface area contributed by atoms with Crippen LogP contribution in [-0.2, 0) is 18.4 Å². The van der Waals surface area contributed by atoms with E-state index in [-0.39, 0.29) is 17.7 Å². The predicted molar refractivity (Wildman–Crippen MR) is 73.7 cm³/mol. The van der Waals surface area contributed by atoms with Crippen molar-refractivity contribution in [3.8, 4) is 0 Å². The predicted octanol–water partition coefficient (Wildman–Crippen LogP) is -0.623. The number of aromatic nitrogens is 5. The van der Waals surface area contributed by atoms with Crippen molar-refractivity contribution >= 4 is 22.9 Å². The van der Waals surface area contributed by atoms with Crippen LogP contribution in [0, 0.1) is 13.8 Å². The third-order valence-electron chi connectivity index (χ3n) is 3.70. The Morgan fingerprint density at radius 1 is 1.29 bits per heavy atom. The average molecular weight is 291 g/mol. The lowest BCUT2D eigenvalue weighted by atomic mass is 10.3. The molecule has 0 bridgehead atoms. The average Bonchev–Trinajstić information content (AvgIpc) is 2.89. The fraction of sp³-hybridized carbons (Fsp3) is 0.333. The highest BCUT2D eigenvalue weighted by atomic mass is 16.4. The van der Waals surface area contributed by atoms with Crippen LogP contribution in [0.15, 0.2) is 9.59 Å². The number of rotatable bonds is 2. The molecular weight excluding hydrogens is 278 g/mol. The van der Waals surface area contributed by atoms with Gasteiger partial charge in [0.2, 0.25) is 5.78 Å². The van der Waals surface area contributed by atoms with E-state index in [4.69, 9.17) is 5.11 Å². The molecular formula is C12H13N5O4. The number of aliphatic carboxylic acids is 1. The van der Waals surface area contributed by atoms with Crippen LogP contribution >= 0.6 is 0 Å². The van der Waals surface area contributed by atoms with Crippen LogP contribution in [0.1, 0.15) is 11.4 Å². The van der Waals surface area contributed by atoms with E-state index in [1.165, 1.54) is 16.2 Å². The highest BCUT2D eigenvalue weighted by molar-refractivity contribution is 5.77. The van der Waals surface area contributed by atoms with Gasteiger partial charge in [-0.3, -0.25) is 23.5 Å². The molecule has 0 aliphatic heterocycles. The van der Waals surface area contributed by atoms with Gasteiger partial charge in [-0.05, 0) is 13.8 Å². The Kier molecular flexibility index (Phi) is 2.55. The Hall–Kier alpha value is -2.84. The second-order valence-corrected chi connectivity index (χ2v) is 4.89. The first-order valence-electron chi connectivity index (χ1n) is 6.22. The summed E-state index contributed by atoms with van der Waals surface area (Å²) >= 11 is 0. The lowest BCUT2D eigenvalue weighted by Gasteiger charge is -2.02.